The maximum atomic E-state index is 4.66. The van der Waals surface area contributed by atoms with Gasteiger partial charge in [0.25, 0.3) is 0 Å². The lowest BCUT2D eigenvalue weighted by molar-refractivity contribution is 0.295. The molecule has 2 aromatic heterocycles. The van der Waals surface area contributed by atoms with E-state index >= 15 is 0 Å². The normalized spacial score (nSPS) is 13.6. The maximum Gasteiger partial charge on any atom is 0.114 e. The zero-order valence-corrected chi connectivity index (χ0v) is 21.3. The molecule has 0 saturated carbocycles. The van der Waals surface area contributed by atoms with Gasteiger partial charge in [-0.3, -0.25) is 9.97 Å². The van der Waals surface area contributed by atoms with E-state index in [0.29, 0.717) is 12.1 Å². The van der Waals surface area contributed by atoms with Gasteiger partial charge in [-0.05, 0) is 90.9 Å². The Labute approximate surface area is 196 Å². The first-order chi connectivity index (χ1) is 15.5. The van der Waals surface area contributed by atoms with Crippen molar-refractivity contribution in [3.05, 3.63) is 24.5 Å². The van der Waals surface area contributed by atoms with Gasteiger partial charge in [0.05, 0.1) is 11.4 Å². The number of pyridine rings is 2. The lowest BCUT2D eigenvalue weighted by Crippen LogP contribution is -2.26. The van der Waals surface area contributed by atoms with Crippen molar-refractivity contribution in [3.63, 3.8) is 0 Å². The molecular weight excluding hydrogens is 396 g/mol. The molecule has 180 valence electrons. The first-order valence-corrected chi connectivity index (χ1v) is 12.7. The standard InChI is InChI=1S/C26H46N6/c1-7-31(8-2)19-11-13-21(5)29-23-15-17-28-26-24(16-18-27-25(23)26)30-22(6)14-12-20-32(9-3)10-4/h15-18,21-22H,7-14,19-20H2,1-6H3,(H,28,29)(H,27,30). The molecule has 2 heterocycles. The van der Waals surface area contributed by atoms with Crippen molar-refractivity contribution >= 4 is 22.4 Å². The summed E-state index contributed by atoms with van der Waals surface area (Å²) in [6.07, 6.45) is 8.47. The highest BCUT2D eigenvalue weighted by atomic mass is 15.1. The van der Waals surface area contributed by atoms with E-state index in [2.05, 4.69) is 71.9 Å². The Morgan fingerprint density at radius 3 is 1.41 bits per heavy atom. The Morgan fingerprint density at radius 1 is 0.688 bits per heavy atom. The molecule has 2 unspecified atom stereocenters. The monoisotopic (exact) mass is 442 g/mol. The second-order valence-corrected chi connectivity index (χ2v) is 8.84. The Hall–Kier alpha value is -1.92. The zero-order chi connectivity index (χ0) is 23.3. The van der Waals surface area contributed by atoms with Crippen LogP contribution in [0.2, 0.25) is 0 Å². The number of nitrogens with zero attached hydrogens (tertiary/aromatic N) is 4. The third-order valence-electron chi connectivity index (χ3n) is 6.44. The number of anilines is 2. The van der Waals surface area contributed by atoms with Gasteiger partial charge in [-0.25, -0.2) is 0 Å². The number of fused-ring (bicyclic) bond motifs is 1. The van der Waals surface area contributed by atoms with Crippen molar-refractivity contribution < 1.29 is 0 Å². The van der Waals surface area contributed by atoms with Crippen LogP contribution in [-0.2, 0) is 0 Å². The van der Waals surface area contributed by atoms with E-state index in [1.807, 2.05) is 24.5 Å². The first-order valence-electron chi connectivity index (χ1n) is 12.7. The summed E-state index contributed by atoms with van der Waals surface area (Å²) in [6.45, 7) is 20.3. The van der Waals surface area contributed by atoms with E-state index in [4.69, 9.17) is 0 Å². The maximum absolute atomic E-state index is 4.66. The fraction of sp³-hybridized carbons (Fsp3) is 0.692. The Kier molecular flexibility index (Phi) is 11.7. The molecule has 2 N–H and O–H groups in total. The van der Waals surface area contributed by atoms with Gasteiger partial charge in [-0.1, -0.05) is 27.7 Å². The van der Waals surface area contributed by atoms with E-state index in [1.54, 1.807) is 0 Å². The van der Waals surface area contributed by atoms with Gasteiger partial charge in [0.1, 0.15) is 11.0 Å². The SMILES string of the molecule is CCN(CC)CCCC(C)Nc1ccnc2c(NC(C)CCCN(CC)CC)ccnc12. The fourth-order valence-electron chi connectivity index (χ4n) is 4.28. The fourth-order valence-corrected chi connectivity index (χ4v) is 4.28. The summed E-state index contributed by atoms with van der Waals surface area (Å²) in [7, 11) is 0. The van der Waals surface area contributed by atoms with Crippen LogP contribution in [0, 0.1) is 0 Å². The highest BCUT2D eigenvalue weighted by molar-refractivity contribution is 5.95. The predicted octanol–water partition coefficient (Wildman–Crippen LogP) is 5.47. The molecule has 6 nitrogen and oxygen atoms in total. The summed E-state index contributed by atoms with van der Waals surface area (Å²) in [5.74, 6) is 0. The molecule has 0 saturated heterocycles. The van der Waals surface area contributed by atoms with Gasteiger partial charge in [-0.15, -0.1) is 0 Å². The van der Waals surface area contributed by atoms with Crippen LogP contribution < -0.4 is 10.6 Å². The number of rotatable bonds is 16. The number of hydrogen-bond acceptors (Lipinski definition) is 6. The van der Waals surface area contributed by atoms with Gasteiger partial charge in [-0.2, -0.15) is 0 Å². The first kappa shape index (κ1) is 26.3. The average Bonchev–Trinajstić information content (AvgIpc) is 2.80. The minimum Gasteiger partial charge on any atom is -0.381 e. The van der Waals surface area contributed by atoms with Gasteiger partial charge in [0.2, 0.25) is 0 Å². The topological polar surface area (TPSA) is 56.3 Å². The Morgan fingerprint density at radius 2 is 1.06 bits per heavy atom. The number of aromatic nitrogens is 2. The molecule has 2 aromatic rings. The van der Waals surface area contributed by atoms with Crippen molar-refractivity contribution in [1.29, 1.82) is 0 Å². The highest BCUT2D eigenvalue weighted by Gasteiger charge is 2.12. The predicted molar refractivity (Wildman–Crippen MR) is 140 cm³/mol. The largest absolute Gasteiger partial charge is 0.381 e. The van der Waals surface area contributed by atoms with Crippen molar-refractivity contribution in [3.8, 4) is 0 Å². The smallest absolute Gasteiger partial charge is 0.114 e. The number of hydrogen-bond donors (Lipinski definition) is 2. The summed E-state index contributed by atoms with van der Waals surface area (Å²) < 4.78 is 0. The van der Waals surface area contributed by atoms with Crippen LogP contribution in [-0.4, -0.2) is 71.1 Å². The third-order valence-corrected chi connectivity index (χ3v) is 6.44. The molecule has 32 heavy (non-hydrogen) atoms. The Balaban J connectivity index is 1.97. The quantitative estimate of drug-likeness (QED) is 0.359. The van der Waals surface area contributed by atoms with Crippen LogP contribution in [0.4, 0.5) is 11.4 Å². The van der Waals surface area contributed by atoms with Crippen LogP contribution >= 0.6 is 0 Å². The molecule has 2 atom stereocenters. The van der Waals surface area contributed by atoms with Crippen molar-refractivity contribution in [2.24, 2.45) is 0 Å². The second-order valence-electron chi connectivity index (χ2n) is 8.84. The third kappa shape index (κ3) is 8.21. The zero-order valence-electron chi connectivity index (χ0n) is 21.3. The Bertz CT molecular complexity index is 707. The van der Waals surface area contributed by atoms with Crippen LogP contribution in [0.15, 0.2) is 24.5 Å². The van der Waals surface area contributed by atoms with E-state index in [-0.39, 0.29) is 0 Å². The molecule has 0 aliphatic heterocycles. The molecule has 6 heteroatoms. The molecule has 0 radical (unpaired) electrons. The van der Waals surface area contributed by atoms with E-state index in [9.17, 15) is 0 Å². The summed E-state index contributed by atoms with van der Waals surface area (Å²) in [4.78, 5) is 14.3. The van der Waals surface area contributed by atoms with Gasteiger partial charge in [0, 0.05) is 24.5 Å². The summed E-state index contributed by atoms with van der Waals surface area (Å²) >= 11 is 0. The molecule has 0 amide bonds. The van der Waals surface area contributed by atoms with E-state index in [1.165, 1.54) is 12.8 Å². The second kappa shape index (κ2) is 14.3. The summed E-state index contributed by atoms with van der Waals surface area (Å²) in [6, 6.07) is 4.89. The molecule has 0 aliphatic rings. The van der Waals surface area contributed by atoms with Crippen molar-refractivity contribution in [2.75, 3.05) is 49.9 Å². The van der Waals surface area contributed by atoms with Crippen LogP contribution in [0.1, 0.15) is 67.2 Å². The van der Waals surface area contributed by atoms with Gasteiger partial charge >= 0.3 is 0 Å². The van der Waals surface area contributed by atoms with Crippen molar-refractivity contribution in [1.82, 2.24) is 19.8 Å². The van der Waals surface area contributed by atoms with E-state index < -0.39 is 0 Å². The highest BCUT2D eigenvalue weighted by Crippen LogP contribution is 2.27. The average molecular weight is 443 g/mol. The number of nitrogens with one attached hydrogen (secondary N) is 2. The molecule has 0 fully saturated rings. The minimum atomic E-state index is 0.397. The minimum absolute atomic E-state index is 0.397. The van der Waals surface area contributed by atoms with Gasteiger partial charge < -0.3 is 20.4 Å². The summed E-state index contributed by atoms with van der Waals surface area (Å²) in [5.41, 5.74) is 4.04. The van der Waals surface area contributed by atoms with Crippen molar-refractivity contribution in [2.45, 2.75) is 79.3 Å². The molecule has 0 spiro atoms. The van der Waals surface area contributed by atoms with Crippen LogP contribution in [0.5, 0.6) is 0 Å². The van der Waals surface area contributed by atoms with Gasteiger partial charge in [0.15, 0.2) is 0 Å². The molecular formula is C26H46N6. The molecule has 0 bridgehead atoms. The summed E-state index contributed by atoms with van der Waals surface area (Å²) in [5, 5.41) is 7.36. The molecule has 0 aliphatic carbocycles. The molecule has 0 aromatic carbocycles. The lowest BCUT2D eigenvalue weighted by Gasteiger charge is -2.22. The van der Waals surface area contributed by atoms with E-state index in [0.717, 1.165) is 74.5 Å². The van der Waals surface area contributed by atoms with Crippen LogP contribution in [0.3, 0.4) is 0 Å². The lowest BCUT2D eigenvalue weighted by atomic mass is 10.1. The molecule has 2 rings (SSSR count). The van der Waals surface area contributed by atoms with Crippen LogP contribution in [0.25, 0.3) is 11.0 Å².